The molecule has 4 nitrogen and oxygen atoms in total. The van der Waals surface area contributed by atoms with Crippen LogP contribution in [0, 0.1) is 5.92 Å². The first-order chi connectivity index (χ1) is 9.03. The van der Waals surface area contributed by atoms with Crippen LogP contribution < -0.4 is 10.5 Å². The number of aryl methyl sites for hydroxylation is 1. The van der Waals surface area contributed by atoms with Crippen molar-refractivity contribution < 1.29 is 8.42 Å². The highest BCUT2D eigenvalue weighted by Gasteiger charge is 2.20. The van der Waals surface area contributed by atoms with Crippen LogP contribution in [0.2, 0.25) is 0 Å². The van der Waals surface area contributed by atoms with Crippen LogP contribution in [0.4, 0.5) is 5.69 Å². The average Bonchev–Trinajstić information content (AvgIpc) is 2.32. The Labute approximate surface area is 115 Å². The molecule has 0 atom stereocenters. The molecule has 0 spiro atoms. The zero-order chi connectivity index (χ0) is 13.9. The van der Waals surface area contributed by atoms with Crippen LogP contribution >= 0.6 is 0 Å². The second-order valence-corrected chi connectivity index (χ2v) is 6.94. The molecular weight excluding hydrogens is 260 g/mol. The Morgan fingerprint density at radius 2 is 2.11 bits per heavy atom. The summed E-state index contributed by atoms with van der Waals surface area (Å²) >= 11 is 0. The van der Waals surface area contributed by atoms with Crippen LogP contribution in [0.15, 0.2) is 23.1 Å². The van der Waals surface area contributed by atoms with Crippen molar-refractivity contribution in [1.82, 2.24) is 4.72 Å². The van der Waals surface area contributed by atoms with Crippen molar-refractivity contribution in [2.75, 3.05) is 12.3 Å². The molecule has 1 aromatic carbocycles. The molecule has 1 aromatic rings. The summed E-state index contributed by atoms with van der Waals surface area (Å²) in [7, 11) is -3.44. The van der Waals surface area contributed by atoms with Gasteiger partial charge in [0.05, 0.1) is 4.90 Å². The molecule has 0 radical (unpaired) electrons. The maximum Gasteiger partial charge on any atom is 0.240 e. The number of benzene rings is 1. The summed E-state index contributed by atoms with van der Waals surface area (Å²) in [6.07, 6.45) is 5.37. The van der Waals surface area contributed by atoms with E-state index in [9.17, 15) is 8.42 Å². The van der Waals surface area contributed by atoms with Crippen molar-refractivity contribution in [3.8, 4) is 0 Å². The molecule has 0 saturated heterocycles. The van der Waals surface area contributed by atoms with Gasteiger partial charge in [-0.15, -0.1) is 0 Å². The number of sulfonamides is 1. The Bertz CT molecular complexity index is 536. The lowest BCUT2D eigenvalue weighted by molar-refractivity contribution is 0.297. The van der Waals surface area contributed by atoms with Crippen LogP contribution in [0.3, 0.4) is 0 Å². The molecule has 5 heteroatoms. The number of hydrogen-bond acceptors (Lipinski definition) is 3. The van der Waals surface area contributed by atoms with Gasteiger partial charge in [0.25, 0.3) is 0 Å². The van der Waals surface area contributed by atoms with Gasteiger partial charge in [-0.05, 0) is 36.5 Å². The van der Waals surface area contributed by atoms with Crippen molar-refractivity contribution >= 4 is 15.7 Å². The average molecular weight is 282 g/mol. The summed E-state index contributed by atoms with van der Waals surface area (Å²) in [6, 6.07) is 5.08. The van der Waals surface area contributed by atoms with E-state index in [-0.39, 0.29) is 0 Å². The van der Waals surface area contributed by atoms with Crippen LogP contribution in [-0.2, 0) is 16.4 Å². The summed E-state index contributed by atoms with van der Waals surface area (Å²) in [6.45, 7) is 2.46. The topological polar surface area (TPSA) is 72.2 Å². The van der Waals surface area contributed by atoms with Gasteiger partial charge < -0.3 is 5.73 Å². The molecule has 0 bridgehead atoms. The Kier molecular flexibility index (Phi) is 4.47. The SMILES string of the molecule is CCc1ccc(N)cc1S(=O)(=O)NCCC1CCC1. The van der Waals surface area contributed by atoms with Gasteiger partial charge in [-0.25, -0.2) is 13.1 Å². The maximum atomic E-state index is 12.3. The molecule has 0 unspecified atom stereocenters. The van der Waals surface area contributed by atoms with Crippen molar-refractivity contribution in [3.63, 3.8) is 0 Å². The summed E-state index contributed by atoms with van der Waals surface area (Å²) in [5.74, 6) is 0.703. The third-order valence-electron chi connectivity index (χ3n) is 3.83. The fourth-order valence-corrected chi connectivity index (χ4v) is 3.76. The molecule has 1 fully saturated rings. The van der Waals surface area contributed by atoms with Crippen LogP contribution in [-0.4, -0.2) is 15.0 Å². The Morgan fingerprint density at radius 1 is 1.37 bits per heavy atom. The molecule has 106 valence electrons. The molecular formula is C14H22N2O2S. The lowest BCUT2D eigenvalue weighted by Crippen LogP contribution is -2.28. The third-order valence-corrected chi connectivity index (χ3v) is 5.37. The molecule has 2 rings (SSSR count). The summed E-state index contributed by atoms with van der Waals surface area (Å²) in [5.41, 5.74) is 6.99. The largest absolute Gasteiger partial charge is 0.399 e. The monoisotopic (exact) mass is 282 g/mol. The predicted molar refractivity (Wildman–Crippen MR) is 77.4 cm³/mol. The molecule has 19 heavy (non-hydrogen) atoms. The zero-order valence-corrected chi connectivity index (χ0v) is 12.2. The Morgan fingerprint density at radius 3 is 2.68 bits per heavy atom. The van der Waals surface area contributed by atoms with Gasteiger partial charge in [0.15, 0.2) is 0 Å². The Balaban J connectivity index is 2.07. The van der Waals surface area contributed by atoms with E-state index in [0.717, 1.165) is 12.0 Å². The van der Waals surface area contributed by atoms with Crippen LogP contribution in [0.5, 0.6) is 0 Å². The number of nitrogen functional groups attached to an aromatic ring is 1. The standard InChI is InChI=1S/C14H22N2O2S/c1-2-12-6-7-13(15)10-14(12)19(17,18)16-9-8-11-4-3-5-11/h6-7,10-11,16H,2-5,8-9,15H2,1H3. The van der Waals surface area contributed by atoms with E-state index in [2.05, 4.69) is 4.72 Å². The van der Waals surface area contributed by atoms with Gasteiger partial charge in [-0.3, -0.25) is 0 Å². The van der Waals surface area contributed by atoms with Gasteiger partial charge in [-0.2, -0.15) is 0 Å². The van der Waals surface area contributed by atoms with Crippen molar-refractivity contribution in [2.45, 2.75) is 43.9 Å². The normalized spacial score (nSPS) is 16.3. The van der Waals surface area contributed by atoms with E-state index in [1.54, 1.807) is 18.2 Å². The van der Waals surface area contributed by atoms with E-state index in [1.807, 2.05) is 6.92 Å². The van der Waals surface area contributed by atoms with Crippen LogP contribution in [0.1, 0.15) is 38.2 Å². The van der Waals surface area contributed by atoms with Gasteiger partial charge >= 0.3 is 0 Å². The molecule has 0 aromatic heterocycles. The first-order valence-electron chi connectivity index (χ1n) is 6.91. The second kappa shape index (κ2) is 5.92. The van der Waals surface area contributed by atoms with E-state index in [4.69, 9.17) is 5.73 Å². The van der Waals surface area contributed by atoms with Gasteiger partial charge in [0.1, 0.15) is 0 Å². The van der Waals surface area contributed by atoms with Gasteiger partial charge in [-0.1, -0.05) is 32.3 Å². The number of rotatable bonds is 6. The molecule has 1 aliphatic rings. The lowest BCUT2D eigenvalue weighted by Gasteiger charge is -2.25. The van der Waals surface area contributed by atoms with E-state index in [1.165, 1.54) is 19.3 Å². The van der Waals surface area contributed by atoms with E-state index in [0.29, 0.717) is 29.5 Å². The fraction of sp³-hybridized carbons (Fsp3) is 0.571. The summed E-state index contributed by atoms with van der Waals surface area (Å²) in [5, 5.41) is 0. The molecule has 0 aliphatic heterocycles. The fourth-order valence-electron chi connectivity index (χ4n) is 2.37. The zero-order valence-electron chi connectivity index (χ0n) is 11.4. The van der Waals surface area contributed by atoms with E-state index >= 15 is 0 Å². The number of nitrogens with one attached hydrogen (secondary N) is 1. The quantitative estimate of drug-likeness (QED) is 0.786. The van der Waals surface area contributed by atoms with E-state index < -0.39 is 10.0 Å². The minimum Gasteiger partial charge on any atom is -0.399 e. The second-order valence-electron chi connectivity index (χ2n) is 5.20. The molecule has 1 aliphatic carbocycles. The molecule has 0 amide bonds. The number of hydrogen-bond donors (Lipinski definition) is 2. The highest BCUT2D eigenvalue weighted by Crippen LogP contribution is 2.29. The Hall–Kier alpha value is -1.07. The molecule has 3 N–H and O–H groups in total. The highest BCUT2D eigenvalue weighted by atomic mass is 32.2. The van der Waals surface area contributed by atoms with Crippen molar-refractivity contribution in [2.24, 2.45) is 5.92 Å². The first-order valence-corrected chi connectivity index (χ1v) is 8.39. The smallest absolute Gasteiger partial charge is 0.240 e. The molecule has 0 heterocycles. The van der Waals surface area contributed by atoms with Crippen molar-refractivity contribution in [1.29, 1.82) is 0 Å². The number of nitrogens with two attached hydrogens (primary N) is 1. The molecule has 1 saturated carbocycles. The highest BCUT2D eigenvalue weighted by molar-refractivity contribution is 7.89. The summed E-state index contributed by atoms with van der Waals surface area (Å²) in [4.78, 5) is 0.323. The number of anilines is 1. The van der Waals surface area contributed by atoms with Crippen LogP contribution in [0.25, 0.3) is 0 Å². The summed E-state index contributed by atoms with van der Waals surface area (Å²) < 4.78 is 27.3. The minimum absolute atomic E-state index is 0.323. The maximum absolute atomic E-state index is 12.3. The van der Waals surface area contributed by atoms with Gasteiger partial charge in [0.2, 0.25) is 10.0 Å². The predicted octanol–water partition coefficient (Wildman–Crippen LogP) is 2.30. The van der Waals surface area contributed by atoms with Crippen molar-refractivity contribution in [3.05, 3.63) is 23.8 Å². The lowest BCUT2D eigenvalue weighted by atomic mass is 9.83. The first kappa shape index (κ1) is 14.3. The third kappa shape index (κ3) is 3.48. The minimum atomic E-state index is -3.44. The van der Waals surface area contributed by atoms with Gasteiger partial charge in [0, 0.05) is 12.2 Å².